The van der Waals surface area contributed by atoms with E-state index in [0.29, 0.717) is 35.4 Å². The van der Waals surface area contributed by atoms with Crippen molar-refractivity contribution in [3.05, 3.63) is 0 Å². The lowest BCUT2D eigenvalue weighted by Crippen LogP contribution is -2.55. The molecule has 0 saturated heterocycles. The van der Waals surface area contributed by atoms with Crippen LogP contribution in [0.2, 0.25) is 0 Å². The van der Waals surface area contributed by atoms with Crippen LogP contribution in [-0.4, -0.2) is 38.9 Å². The molecule has 0 amide bonds. The number of fused-ring (bicyclic) bond motifs is 4. The van der Waals surface area contributed by atoms with Gasteiger partial charge in [-0.15, -0.1) is 0 Å². The van der Waals surface area contributed by atoms with Crippen molar-refractivity contribution >= 4 is 5.78 Å². The lowest BCUT2D eigenvalue weighted by molar-refractivity contribution is -0.153. The van der Waals surface area contributed by atoms with E-state index in [1.807, 2.05) is 0 Å². The van der Waals surface area contributed by atoms with Gasteiger partial charge in [-0.3, -0.25) is 4.79 Å². The molecular formula is C27H44O4. The molecule has 0 aliphatic heterocycles. The van der Waals surface area contributed by atoms with Gasteiger partial charge in [0.25, 0.3) is 0 Å². The maximum Gasteiger partial charge on any atom is 0.140 e. The van der Waals surface area contributed by atoms with Gasteiger partial charge in [-0.1, -0.05) is 20.8 Å². The molecule has 5 aliphatic carbocycles. The van der Waals surface area contributed by atoms with Gasteiger partial charge in [0, 0.05) is 18.3 Å². The molecule has 1 spiro atoms. The Hall–Kier alpha value is -0.450. The van der Waals surface area contributed by atoms with Crippen molar-refractivity contribution in [1.82, 2.24) is 0 Å². The molecule has 5 aliphatic rings. The second kappa shape index (κ2) is 6.79. The van der Waals surface area contributed by atoms with Crippen molar-refractivity contribution in [1.29, 1.82) is 0 Å². The van der Waals surface area contributed by atoms with E-state index in [1.165, 1.54) is 32.1 Å². The Bertz CT molecular complexity index is 757. The van der Waals surface area contributed by atoms with Crippen LogP contribution in [0.25, 0.3) is 0 Å². The molecule has 176 valence electrons. The Morgan fingerprint density at radius 2 is 1.77 bits per heavy atom. The standard InChI is InChI=1S/C27H44O4/c1-15(23(30)21(28)14-24(2,3)31)18-6-7-19-17-12-22(29)27-13-16(27)8-11-26(27,5)20(17)9-10-25(18,19)4/h15-21,23,28,30-31H,6-14H2,1-5H3/t15-,16+,17-,18+,19-,20-,21+,23+,25+,26+,27-/m0/s1. The van der Waals surface area contributed by atoms with Crippen molar-refractivity contribution in [3.63, 3.8) is 0 Å². The molecule has 5 rings (SSSR count). The Morgan fingerprint density at radius 3 is 2.42 bits per heavy atom. The summed E-state index contributed by atoms with van der Waals surface area (Å²) >= 11 is 0. The van der Waals surface area contributed by atoms with E-state index < -0.39 is 17.8 Å². The zero-order chi connectivity index (χ0) is 22.6. The van der Waals surface area contributed by atoms with E-state index in [4.69, 9.17) is 0 Å². The van der Waals surface area contributed by atoms with Gasteiger partial charge in [0.1, 0.15) is 5.78 Å². The molecule has 0 unspecified atom stereocenters. The molecule has 0 aromatic heterocycles. The summed E-state index contributed by atoms with van der Waals surface area (Å²) in [6, 6.07) is 0. The third-order valence-corrected chi connectivity index (χ3v) is 11.7. The van der Waals surface area contributed by atoms with Crippen molar-refractivity contribution < 1.29 is 20.1 Å². The van der Waals surface area contributed by atoms with Gasteiger partial charge < -0.3 is 15.3 Å². The van der Waals surface area contributed by atoms with Gasteiger partial charge in [0.05, 0.1) is 17.8 Å². The van der Waals surface area contributed by atoms with Gasteiger partial charge in [-0.25, -0.2) is 0 Å². The molecular weight excluding hydrogens is 388 g/mol. The van der Waals surface area contributed by atoms with E-state index in [9.17, 15) is 20.1 Å². The minimum atomic E-state index is -0.990. The minimum absolute atomic E-state index is 0.00980. The highest BCUT2D eigenvalue weighted by Crippen LogP contribution is 2.80. The molecule has 4 heteroatoms. The molecule has 5 saturated carbocycles. The second-order valence-corrected chi connectivity index (χ2v) is 13.5. The summed E-state index contributed by atoms with van der Waals surface area (Å²) in [5.41, 5.74) is -0.579. The average molecular weight is 433 g/mol. The fraction of sp³-hybridized carbons (Fsp3) is 0.963. The smallest absolute Gasteiger partial charge is 0.140 e. The Labute approximate surface area is 188 Å². The van der Waals surface area contributed by atoms with E-state index in [0.717, 1.165) is 19.3 Å². The first kappa shape index (κ1) is 22.3. The van der Waals surface area contributed by atoms with Crippen molar-refractivity contribution in [2.75, 3.05) is 0 Å². The molecule has 31 heavy (non-hydrogen) atoms. The number of carbonyl (C=O) groups excluding carboxylic acids is 1. The van der Waals surface area contributed by atoms with Crippen LogP contribution in [0.3, 0.4) is 0 Å². The normalized spacial score (nSPS) is 51.4. The molecule has 0 radical (unpaired) electrons. The van der Waals surface area contributed by atoms with Crippen LogP contribution >= 0.6 is 0 Å². The predicted molar refractivity (Wildman–Crippen MR) is 120 cm³/mol. The van der Waals surface area contributed by atoms with Gasteiger partial charge >= 0.3 is 0 Å². The third-order valence-electron chi connectivity index (χ3n) is 11.7. The highest BCUT2D eigenvalue weighted by atomic mass is 16.3. The largest absolute Gasteiger partial charge is 0.390 e. The average Bonchev–Trinajstić information content (AvgIpc) is 3.20. The lowest BCUT2D eigenvalue weighted by atomic mass is 9.45. The molecule has 0 bridgehead atoms. The van der Waals surface area contributed by atoms with Crippen LogP contribution < -0.4 is 0 Å². The maximum absolute atomic E-state index is 13.4. The number of rotatable bonds is 5. The maximum atomic E-state index is 13.4. The fourth-order valence-corrected chi connectivity index (χ4v) is 10.1. The molecule has 3 N–H and O–H groups in total. The first-order valence-electron chi connectivity index (χ1n) is 13.0. The SMILES string of the molecule is C[C@H]([C@@H](O)[C@H](O)CC(C)(C)O)[C@H]1CC[C@H]2[C@@H]3CC(=O)[C@]45C[C@H]4CC[C@]5(C)[C@H]3CC[C@]12C. The number of carbonyl (C=O) groups is 1. The van der Waals surface area contributed by atoms with Crippen LogP contribution in [0.1, 0.15) is 92.4 Å². The van der Waals surface area contributed by atoms with Crippen molar-refractivity contribution in [3.8, 4) is 0 Å². The van der Waals surface area contributed by atoms with Crippen molar-refractivity contribution in [2.24, 2.45) is 51.8 Å². The summed E-state index contributed by atoms with van der Waals surface area (Å²) in [7, 11) is 0. The molecule has 11 atom stereocenters. The van der Waals surface area contributed by atoms with Gasteiger partial charge in [-0.2, -0.15) is 0 Å². The van der Waals surface area contributed by atoms with Gasteiger partial charge in [0.15, 0.2) is 0 Å². The molecule has 0 aromatic carbocycles. The fourth-order valence-electron chi connectivity index (χ4n) is 10.1. The molecule has 5 fully saturated rings. The van der Waals surface area contributed by atoms with Crippen LogP contribution in [0.4, 0.5) is 0 Å². The number of aliphatic hydroxyl groups excluding tert-OH is 2. The Kier molecular flexibility index (Phi) is 4.90. The Balaban J connectivity index is 1.36. The van der Waals surface area contributed by atoms with E-state index in [1.54, 1.807) is 13.8 Å². The lowest BCUT2D eigenvalue weighted by Gasteiger charge is -2.58. The van der Waals surface area contributed by atoms with Crippen LogP contribution in [0, 0.1) is 51.8 Å². The van der Waals surface area contributed by atoms with E-state index in [-0.39, 0.29) is 28.6 Å². The number of aliphatic hydroxyl groups is 3. The zero-order valence-corrected chi connectivity index (χ0v) is 20.2. The highest BCUT2D eigenvalue weighted by Gasteiger charge is 2.77. The van der Waals surface area contributed by atoms with E-state index in [2.05, 4.69) is 20.8 Å². The third kappa shape index (κ3) is 2.93. The first-order valence-corrected chi connectivity index (χ1v) is 13.0. The first-order chi connectivity index (χ1) is 14.3. The zero-order valence-electron chi connectivity index (χ0n) is 20.2. The monoisotopic (exact) mass is 432 g/mol. The van der Waals surface area contributed by atoms with Gasteiger partial charge in [0.2, 0.25) is 0 Å². The number of hydrogen-bond acceptors (Lipinski definition) is 4. The number of hydrogen-bond donors (Lipinski definition) is 3. The summed E-state index contributed by atoms with van der Waals surface area (Å²) in [6.45, 7) is 10.3. The minimum Gasteiger partial charge on any atom is -0.390 e. The molecule has 0 aromatic rings. The highest BCUT2D eigenvalue weighted by molar-refractivity contribution is 5.91. The second-order valence-electron chi connectivity index (χ2n) is 13.5. The predicted octanol–water partition coefficient (Wildman–Crippen LogP) is 4.34. The Morgan fingerprint density at radius 1 is 1.06 bits per heavy atom. The summed E-state index contributed by atoms with van der Waals surface area (Å²) in [5.74, 6) is 3.38. The summed E-state index contributed by atoms with van der Waals surface area (Å²) in [5, 5.41) is 31.7. The number of ketones is 1. The quantitative estimate of drug-likeness (QED) is 0.604. The van der Waals surface area contributed by atoms with E-state index >= 15 is 0 Å². The summed E-state index contributed by atoms with van der Waals surface area (Å²) < 4.78 is 0. The van der Waals surface area contributed by atoms with Crippen LogP contribution in [0.15, 0.2) is 0 Å². The molecule has 0 heterocycles. The summed E-state index contributed by atoms with van der Waals surface area (Å²) in [4.78, 5) is 13.4. The van der Waals surface area contributed by atoms with Gasteiger partial charge in [-0.05, 0) is 105 Å². The summed E-state index contributed by atoms with van der Waals surface area (Å²) in [6.07, 6.45) is 7.57. The number of Topliss-reactive ketones (excluding diaryl/α,β-unsaturated/α-hetero) is 1. The van der Waals surface area contributed by atoms with Crippen LogP contribution in [-0.2, 0) is 4.79 Å². The molecule has 4 nitrogen and oxygen atoms in total. The topological polar surface area (TPSA) is 77.8 Å². The van der Waals surface area contributed by atoms with Crippen LogP contribution in [0.5, 0.6) is 0 Å². The van der Waals surface area contributed by atoms with Crippen molar-refractivity contribution in [2.45, 2.75) is 110 Å².